The fraction of sp³-hybridized carbons (Fsp3) is 1.00. The van der Waals surface area contributed by atoms with Crippen LogP contribution in [0.1, 0.15) is 12.8 Å². The Morgan fingerprint density at radius 2 is 1.69 bits per heavy atom. The first-order valence-corrected chi connectivity index (χ1v) is 6.31. The van der Waals surface area contributed by atoms with Crippen LogP contribution in [-0.2, 0) is 10.0 Å². The summed E-state index contributed by atoms with van der Waals surface area (Å²) in [5.74, 6) is 5.67. The normalized spacial score (nSPS) is 36.8. The van der Waals surface area contributed by atoms with Gasteiger partial charge in [0.05, 0.1) is 6.26 Å². The molecule has 2 saturated heterocycles. The van der Waals surface area contributed by atoms with E-state index in [9.17, 15) is 8.42 Å². The molecule has 2 N–H and O–H groups in total. The minimum Gasteiger partial charge on any atom is -0.269 e. The first kappa shape index (κ1) is 9.39. The summed E-state index contributed by atoms with van der Waals surface area (Å²) >= 11 is 0. The van der Waals surface area contributed by atoms with Crippen LogP contribution in [0.25, 0.3) is 0 Å². The minimum absolute atomic E-state index is 0.110. The molecule has 13 heavy (non-hydrogen) atoms. The molecule has 2 aliphatic heterocycles. The van der Waals surface area contributed by atoms with Crippen LogP contribution >= 0.6 is 0 Å². The standard InChI is InChI=1S/C7H15N3O2S/c1-13(11,12)10-6-2-3-7(10)5-9(8)4-6/h6-7H,2-5,8H2,1H3. The summed E-state index contributed by atoms with van der Waals surface area (Å²) in [7, 11) is -3.03. The molecular weight excluding hydrogens is 190 g/mol. The largest absolute Gasteiger partial charge is 0.269 e. The van der Waals surface area contributed by atoms with Crippen LogP contribution < -0.4 is 5.84 Å². The van der Waals surface area contributed by atoms with Gasteiger partial charge in [0.2, 0.25) is 10.0 Å². The average molecular weight is 205 g/mol. The van der Waals surface area contributed by atoms with Gasteiger partial charge in [-0.1, -0.05) is 0 Å². The second-order valence-electron chi connectivity index (χ2n) is 3.93. The zero-order chi connectivity index (χ0) is 9.64. The van der Waals surface area contributed by atoms with Crippen molar-refractivity contribution in [2.45, 2.75) is 24.9 Å². The van der Waals surface area contributed by atoms with Crippen molar-refractivity contribution in [1.29, 1.82) is 0 Å². The van der Waals surface area contributed by atoms with Crippen LogP contribution in [0.15, 0.2) is 0 Å². The van der Waals surface area contributed by atoms with Gasteiger partial charge < -0.3 is 0 Å². The molecule has 76 valence electrons. The van der Waals surface area contributed by atoms with E-state index in [1.807, 2.05) is 0 Å². The van der Waals surface area contributed by atoms with E-state index in [1.165, 1.54) is 6.26 Å². The summed E-state index contributed by atoms with van der Waals surface area (Å²) in [6.45, 7) is 1.34. The van der Waals surface area contributed by atoms with Crippen LogP contribution in [0.2, 0.25) is 0 Å². The lowest BCUT2D eigenvalue weighted by Gasteiger charge is -2.37. The molecular formula is C7H15N3O2S. The number of hydrogen-bond acceptors (Lipinski definition) is 4. The number of sulfonamides is 1. The van der Waals surface area contributed by atoms with E-state index < -0.39 is 10.0 Å². The number of nitrogens with two attached hydrogens (primary N) is 1. The lowest BCUT2D eigenvalue weighted by atomic mass is 10.2. The van der Waals surface area contributed by atoms with Crippen molar-refractivity contribution in [2.75, 3.05) is 19.3 Å². The van der Waals surface area contributed by atoms with Crippen molar-refractivity contribution >= 4 is 10.0 Å². The van der Waals surface area contributed by atoms with Gasteiger partial charge in [-0.2, -0.15) is 4.31 Å². The highest BCUT2D eigenvalue weighted by molar-refractivity contribution is 7.88. The Morgan fingerprint density at radius 1 is 1.23 bits per heavy atom. The lowest BCUT2D eigenvalue weighted by molar-refractivity contribution is 0.131. The zero-order valence-electron chi connectivity index (χ0n) is 7.68. The molecule has 0 aromatic heterocycles. The van der Waals surface area contributed by atoms with Gasteiger partial charge in [-0.3, -0.25) is 5.84 Å². The first-order chi connectivity index (χ1) is 5.98. The summed E-state index contributed by atoms with van der Waals surface area (Å²) < 4.78 is 24.5. The Morgan fingerprint density at radius 3 is 2.08 bits per heavy atom. The van der Waals surface area contributed by atoms with Gasteiger partial charge in [-0.15, -0.1) is 0 Å². The Balaban J connectivity index is 2.25. The van der Waals surface area contributed by atoms with Gasteiger partial charge in [0.1, 0.15) is 0 Å². The van der Waals surface area contributed by atoms with Crippen LogP contribution in [0, 0.1) is 0 Å². The monoisotopic (exact) mass is 205 g/mol. The minimum atomic E-state index is -3.03. The van der Waals surface area contributed by atoms with Crippen molar-refractivity contribution in [3.05, 3.63) is 0 Å². The van der Waals surface area contributed by atoms with Crippen LogP contribution in [0.5, 0.6) is 0 Å². The third-order valence-corrected chi connectivity index (χ3v) is 4.19. The van der Waals surface area contributed by atoms with Crippen molar-refractivity contribution < 1.29 is 8.42 Å². The second-order valence-corrected chi connectivity index (χ2v) is 5.82. The fourth-order valence-corrected chi connectivity index (χ4v) is 3.87. The van der Waals surface area contributed by atoms with Gasteiger partial charge in [0.25, 0.3) is 0 Å². The molecule has 2 atom stereocenters. The van der Waals surface area contributed by atoms with E-state index in [4.69, 9.17) is 5.84 Å². The van der Waals surface area contributed by atoms with E-state index in [0.29, 0.717) is 13.1 Å². The zero-order valence-corrected chi connectivity index (χ0v) is 8.50. The highest BCUT2D eigenvalue weighted by Crippen LogP contribution is 2.30. The van der Waals surface area contributed by atoms with Crippen molar-refractivity contribution in [3.63, 3.8) is 0 Å². The van der Waals surface area contributed by atoms with Crippen LogP contribution in [0.3, 0.4) is 0 Å². The quantitative estimate of drug-likeness (QED) is 0.556. The predicted molar refractivity (Wildman–Crippen MR) is 49.3 cm³/mol. The van der Waals surface area contributed by atoms with Gasteiger partial charge in [0.15, 0.2) is 0 Å². The van der Waals surface area contributed by atoms with Gasteiger partial charge >= 0.3 is 0 Å². The molecule has 0 saturated carbocycles. The summed E-state index contributed by atoms with van der Waals surface area (Å²) in [4.78, 5) is 0. The third-order valence-electron chi connectivity index (χ3n) is 2.83. The predicted octanol–water partition coefficient (Wildman–Crippen LogP) is -1.03. The molecule has 0 spiro atoms. The Hall–Kier alpha value is -0.170. The van der Waals surface area contributed by atoms with Crippen molar-refractivity contribution in [1.82, 2.24) is 9.31 Å². The van der Waals surface area contributed by atoms with Crippen LogP contribution in [-0.4, -0.2) is 49.2 Å². The number of hydrazine groups is 1. The summed E-state index contributed by atoms with van der Waals surface area (Å²) in [6.07, 6.45) is 3.18. The number of fused-ring (bicyclic) bond motifs is 2. The van der Waals surface area contributed by atoms with E-state index in [1.54, 1.807) is 9.31 Å². The highest BCUT2D eigenvalue weighted by atomic mass is 32.2. The maximum atomic E-state index is 11.4. The number of nitrogens with zero attached hydrogens (tertiary/aromatic N) is 2. The van der Waals surface area contributed by atoms with Gasteiger partial charge in [0, 0.05) is 25.2 Å². The first-order valence-electron chi connectivity index (χ1n) is 4.46. The van der Waals surface area contributed by atoms with Gasteiger partial charge in [-0.05, 0) is 12.8 Å². The van der Waals surface area contributed by atoms with Crippen LogP contribution in [0.4, 0.5) is 0 Å². The molecule has 6 heteroatoms. The molecule has 2 heterocycles. The number of piperazine rings is 1. The molecule has 2 aliphatic rings. The Kier molecular flexibility index (Phi) is 2.10. The average Bonchev–Trinajstić information content (AvgIpc) is 2.23. The Labute approximate surface area is 78.5 Å². The molecule has 2 bridgehead atoms. The summed E-state index contributed by atoms with van der Waals surface area (Å²) in [5.41, 5.74) is 0. The molecule has 2 unspecified atom stereocenters. The summed E-state index contributed by atoms with van der Waals surface area (Å²) in [5, 5.41) is 1.73. The van der Waals surface area contributed by atoms with Gasteiger partial charge in [-0.25, -0.2) is 13.4 Å². The number of hydrogen-bond donors (Lipinski definition) is 1. The van der Waals surface area contributed by atoms with Crippen molar-refractivity contribution in [3.8, 4) is 0 Å². The molecule has 0 amide bonds. The SMILES string of the molecule is CS(=O)(=O)N1C2CCC1CN(N)C2. The second kappa shape index (κ2) is 2.91. The molecule has 0 aliphatic carbocycles. The van der Waals surface area contributed by atoms with E-state index in [2.05, 4.69) is 0 Å². The number of rotatable bonds is 1. The lowest BCUT2D eigenvalue weighted by Crippen LogP contribution is -2.57. The molecule has 2 rings (SSSR count). The molecule has 0 radical (unpaired) electrons. The smallest absolute Gasteiger partial charge is 0.211 e. The van der Waals surface area contributed by atoms with E-state index >= 15 is 0 Å². The molecule has 0 aromatic carbocycles. The molecule has 5 nitrogen and oxygen atoms in total. The maximum absolute atomic E-state index is 11.4. The third kappa shape index (κ3) is 1.59. The Bertz CT molecular complexity index is 289. The molecule has 0 aromatic rings. The topological polar surface area (TPSA) is 66.6 Å². The highest BCUT2D eigenvalue weighted by Gasteiger charge is 2.43. The van der Waals surface area contributed by atoms with E-state index in [0.717, 1.165) is 12.8 Å². The van der Waals surface area contributed by atoms with Crippen molar-refractivity contribution in [2.24, 2.45) is 5.84 Å². The maximum Gasteiger partial charge on any atom is 0.211 e. The van der Waals surface area contributed by atoms with E-state index in [-0.39, 0.29) is 12.1 Å². The summed E-state index contributed by atoms with van der Waals surface area (Å²) in [6, 6.07) is 0.220. The molecule has 2 fully saturated rings. The fourth-order valence-electron chi connectivity index (χ4n) is 2.44.